The standard InChI is InChI=1S/C22H29N5O3/c1-23-22(27-12-10-26(11-13-27)21(28)19-7-4-14-29-19)25-16-17-8-9-20(24-15-17)30-18-5-2-3-6-18/h4,7-9,14-15,18H,2-3,5-6,10-13,16H2,1H3,(H,23,25). The van der Waals surface area contributed by atoms with Gasteiger partial charge in [-0.05, 0) is 43.4 Å². The number of ether oxygens (including phenoxy) is 1. The lowest BCUT2D eigenvalue weighted by Gasteiger charge is -2.36. The summed E-state index contributed by atoms with van der Waals surface area (Å²) < 4.78 is 11.1. The lowest BCUT2D eigenvalue weighted by molar-refractivity contribution is 0.0657. The van der Waals surface area contributed by atoms with Crippen LogP contribution in [0.2, 0.25) is 0 Å². The normalized spacial score (nSPS) is 18.0. The van der Waals surface area contributed by atoms with Crippen LogP contribution in [0.15, 0.2) is 46.1 Å². The van der Waals surface area contributed by atoms with Crippen molar-refractivity contribution >= 4 is 11.9 Å². The second-order valence-electron chi connectivity index (χ2n) is 7.69. The number of aromatic nitrogens is 1. The predicted molar refractivity (Wildman–Crippen MR) is 114 cm³/mol. The molecule has 8 nitrogen and oxygen atoms in total. The van der Waals surface area contributed by atoms with Gasteiger partial charge in [-0.1, -0.05) is 6.07 Å². The van der Waals surface area contributed by atoms with Gasteiger partial charge in [0.15, 0.2) is 11.7 Å². The molecule has 2 aromatic rings. The largest absolute Gasteiger partial charge is 0.474 e. The molecule has 0 bridgehead atoms. The van der Waals surface area contributed by atoms with Crippen LogP contribution in [0.3, 0.4) is 0 Å². The van der Waals surface area contributed by atoms with Gasteiger partial charge in [-0.25, -0.2) is 4.98 Å². The first-order chi connectivity index (χ1) is 14.7. The molecule has 1 aliphatic carbocycles. The topological polar surface area (TPSA) is 83.2 Å². The Morgan fingerprint density at radius 2 is 1.97 bits per heavy atom. The highest BCUT2D eigenvalue weighted by Crippen LogP contribution is 2.22. The Labute approximate surface area is 176 Å². The van der Waals surface area contributed by atoms with E-state index < -0.39 is 0 Å². The molecule has 0 spiro atoms. The van der Waals surface area contributed by atoms with Gasteiger partial charge in [-0.3, -0.25) is 9.79 Å². The van der Waals surface area contributed by atoms with Gasteiger partial charge in [0.2, 0.25) is 5.88 Å². The second kappa shape index (κ2) is 9.65. The Kier molecular flexibility index (Phi) is 6.51. The molecule has 2 aliphatic rings. The van der Waals surface area contributed by atoms with Crippen molar-refractivity contribution in [1.82, 2.24) is 20.1 Å². The van der Waals surface area contributed by atoms with Crippen LogP contribution in [0.25, 0.3) is 0 Å². The Balaban J connectivity index is 1.24. The van der Waals surface area contributed by atoms with E-state index in [1.54, 1.807) is 19.2 Å². The fourth-order valence-electron chi connectivity index (χ4n) is 3.95. The fraction of sp³-hybridized carbons (Fsp3) is 0.500. The van der Waals surface area contributed by atoms with Crippen molar-refractivity contribution < 1.29 is 13.9 Å². The molecule has 1 aliphatic heterocycles. The van der Waals surface area contributed by atoms with Crippen molar-refractivity contribution in [1.29, 1.82) is 0 Å². The van der Waals surface area contributed by atoms with E-state index in [0.717, 1.165) is 37.5 Å². The van der Waals surface area contributed by atoms with E-state index >= 15 is 0 Å². The monoisotopic (exact) mass is 411 g/mol. The number of guanidine groups is 1. The van der Waals surface area contributed by atoms with Crippen molar-refractivity contribution in [3.05, 3.63) is 48.0 Å². The lowest BCUT2D eigenvalue weighted by atomic mass is 10.2. The van der Waals surface area contributed by atoms with Crippen LogP contribution in [-0.4, -0.2) is 66.0 Å². The number of nitrogens with one attached hydrogen (secondary N) is 1. The third kappa shape index (κ3) is 4.93. The SMILES string of the molecule is CN=C(NCc1ccc(OC2CCCC2)nc1)N1CCN(C(=O)c2ccco2)CC1. The number of aliphatic imine (C=N–C) groups is 1. The summed E-state index contributed by atoms with van der Waals surface area (Å²) in [6.45, 7) is 3.34. The molecular weight excluding hydrogens is 382 g/mol. The Hall–Kier alpha value is -3.03. The number of furan rings is 1. The van der Waals surface area contributed by atoms with Crippen LogP contribution < -0.4 is 10.1 Å². The maximum absolute atomic E-state index is 12.4. The summed E-state index contributed by atoms with van der Waals surface area (Å²) in [6, 6.07) is 7.42. The summed E-state index contributed by atoms with van der Waals surface area (Å²) in [4.78, 5) is 25.2. The molecule has 0 radical (unpaired) electrons. The van der Waals surface area contributed by atoms with Gasteiger partial charge in [0.25, 0.3) is 5.91 Å². The zero-order valence-electron chi connectivity index (χ0n) is 17.4. The Bertz CT molecular complexity index is 836. The summed E-state index contributed by atoms with van der Waals surface area (Å²) in [5.41, 5.74) is 1.07. The molecule has 4 rings (SSSR count). The highest BCUT2D eigenvalue weighted by atomic mass is 16.5. The fourth-order valence-corrected chi connectivity index (χ4v) is 3.95. The van der Waals surface area contributed by atoms with Gasteiger partial charge >= 0.3 is 0 Å². The average Bonchev–Trinajstić information content (AvgIpc) is 3.50. The molecule has 3 heterocycles. The Morgan fingerprint density at radius 3 is 2.60 bits per heavy atom. The third-order valence-corrected chi connectivity index (χ3v) is 5.65. The van der Waals surface area contributed by atoms with E-state index in [4.69, 9.17) is 9.15 Å². The highest BCUT2D eigenvalue weighted by molar-refractivity contribution is 5.91. The molecule has 1 saturated heterocycles. The molecule has 0 atom stereocenters. The quantitative estimate of drug-likeness (QED) is 0.601. The van der Waals surface area contributed by atoms with E-state index in [0.29, 0.717) is 37.4 Å². The van der Waals surface area contributed by atoms with E-state index in [1.807, 2.05) is 23.2 Å². The number of rotatable bonds is 5. The van der Waals surface area contributed by atoms with Crippen molar-refractivity contribution in [2.45, 2.75) is 38.3 Å². The van der Waals surface area contributed by atoms with Gasteiger partial charge in [0, 0.05) is 52.0 Å². The summed E-state index contributed by atoms with van der Waals surface area (Å²) in [6.07, 6.45) is 8.44. The zero-order chi connectivity index (χ0) is 20.8. The van der Waals surface area contributed by atoms with Gasteiger partial charge in [0.1, 0.15) is 6.10 Å². The number of nitrogens with zero attached hydrogens (tertiary/aromatic N) is 4. The molecule has 2 fully saturated rings. The third-order valence-electron chi connectivity index (χ3n) is 5.65. The predicted octanol–water partition coefficient (Wildman–Crippen LogP) is 2.53. The number of carbonyl (C=O) groups is 1. The number of pyridine rings is 1. The van der Waals surface area contributed by atoms with Crippen molar-refractivity contribution in [3.8, 4) is 5.88 Å². The van der Waals surface area contributed by atoms with Crippen LogP contribution in [0.4, 0.5) is 0 Å². The van der Waals surface area contributed by atoms with E-state index in [1.165, 1.54) is 19.1 Å². The van der Waals surface area contributed by atoms with Crippen LogP contribution >= 0.6 is 0 Å². The van der Waals surface area contributed by atoms with Crippen LogP contribution in [0, 0.1) is 0 Å². The maximum Gasteiger partial charge on any atom is 0.289 e. The molecule has 8 heteroatoms. The average molecular weight is 412 g/mol. The molecule has 1 saturated carbocycles. The molecule has 0 unspecified atom stereocenters. The minimum Gasteiger partial charge on any atom is -0.474 e. The first-order valence-corrected chi connectivity index (χ1v) is 10.6. The highest BCUT2D eigenvalue weighted by Gasteiger charge is 2.25. The molecule has 2 aromatic heterocycles. The zero-order valence-corrected chi connectivity index (χ0v) is 17.4. The van der Waals surface area contributed by atoms with Crippen molar-refractivity contribution in [2.75, 3.05) is 33.2 Å². The van der Waals surface area contributed by atoms with Gasteiger partial charge in [-0.2, -0.15) is 0 Å². The number of carbonyl (C=O) groups excluding carboxylic acids is 1. The van der Waals surface area contributed by atoms with Gasteiger partial charge in [0.05, 0.1) is 6.26 Å². The number of piperazine rings is 1. The molecule has 160 valence electrons. The first-order valence-electron chi connectivity index (χ1n) is 10.6. The number of amides is 1. The van der Waals surface area contributed by atoms with E-state index in [2.05, 4.69) is 20.2 Å². The minimum atomic E-state index is -0.0615. The van der Waals surface area contributed by atoms with Gasteiger partial charge in [-0.15, -0.1) is 0 Å². The second-order valence-corrected chi connectivity index (χ2v) is 7.69. The molecule has 30 heavy (non-hydrogen) atoms. The van der Waals surface area contributed by atoms with Gasteiger partial charge < -0.3 is 24.3 Å². The van der Waals surface area contributed by atoms with E-state index in [9.17, 15) is 4.79 Å². The smallest absolute Gasteiger partial charge is 0.289 e. The summed E-state index contributed by atoms with van der Waals surface area (Å²) in [5, 5.41) is 3.39. The van der Waals surface area contributed by atoms with Crippen LogP contribution in [-0.2, 0) is 6.54 Å². The number of hydrogen-bond donors (Lipinski definition) is 1. The summed E-state index contributed by atoms with van der Waals surface area (Å²) >= 11 is 0. The van der Waals surface area contributed by atoms with Crippen molar-refractivity contribution in [3.63, 3.8) is 0 Å². The first kappa shape index (κ1) is 20.3. The number of hydrogen-bond acceptors (Lipinski definition) is 5. The molecule has 1 amide bonds. The molecule has 0 aromatic carbocycles. The lowest BCUT2D eigenvalue weighted by Crippen LogP contribution is -2.53. The maximum atomic E-state index is 12.4. The van der Waals surface area contributed by atoms with Crippen molar-refractivity contribution in [2.24, 2.45) is 4.99 Å². The van der Waals surface area contributed by atoms with E-state index in [-0.39, 0.29) is 5.91 Å². The summed E-state index contributed by atoms with van der Waals surface area (Å²) in [7, 11) is 1.78. The summed E-state index contributed by atoms with van der Waals surface area (Å²) in [5.74, 6) is 1.85. The molecular formula is C22H29N5O3. The molecule has 1 N–H and O–H groups in total. The minimum absolute atomic E-state index is 0.0615. The van der Waals surface area contributed by atoms with Crippen LogP contribution in [0.1, 0.15) is 41.8 Å². The van der Waals surface area contributed by atoms with Crippen LogP contribution in [0.5, 0.6) is 5.88 Å². The Morgan fingerprint density at radius 1 is 1.20 bits per heavy atom.